The summed E-state index contributed by atoms with van der Waals surface area (Å²) in [6.07, 6.45) is 3.94. The second kappa shape index (κ2) is 14.4. The first-order valence-electron chi connectivity index (χ1n) is 14.1. The van der Waals surface area contributed by atoms with Crippen LogP contribution >= 0.6 is 22.6 Å². The van der Waals surface area contributed by atoms with E-state index < -0.39 is 4.92 Å². The molecule has 1 amide bonds. The Labute approximate surface area is 268 Å². The van der Waals surface area contributed by atoms with Gasteiger partial charge in [-0.05, 0) is 49.4 Å². The molecule has 0 atom stereocenters. The lowest BCUT2D eigenvalue weighted by molar-refractivity contribution is -0.384. The standard InChI is InChI=1S/C30H32IN7O6/c1-42-26-17-24(27(43-2)16-23(26)34-33-20-7-9-21(10-8-20)38(40)41)35-36-25-15-19-5-3-12-37-13-4-6-22(29(19)37)30(25)44-14-11-32-28(39)18-31/h7-10,15-17H,3-6,11-14,18H2,1-2H3,(H,32,39)/b34-33+,36-35+. The third kappa shape index (κ3) is 7.06. The number of non-ortho nitro benzene ring substituents is 1. The van der Waals surface area contributed by atoms with Crippen molar-refractivity contribution in [1.29, 1.82) is 0 Å². The van der Waals surface area contributed by atoms with E-state index in [1.165, 1.54) is 49.7 Å². The van der Waals surface area contributed by atoms with E-state index in [9.17, 15) is 14.9 Å². The lowest BCUT2D eigenvalue weighted by Gasteiger charge is -2.37. The summed E-state index contributed by atoms with van der Waals surface area (Å²) >= 11 is 2.03. The smallest absolute Gasteiger partial charge is 0.269 e. The highest BCUT2D eigenvalue weighted by Gasteiger charge is 2.29. The molecule has 0 aromatic heterocycles. The number of aryl methyl sites for hydroxylation is 1. The normalized spacial score (nSPS) is 14.0. The molecule has 2 heterocycles. The van der Waals surface area contributed by atoms with Crippen molar-refractivity contribution in [3.63, 3.8) is 0 Å². The second-order valence-corrected chi connectivity index (χ2v) is 10.9. The number of rotatable bonds is 12. The third-order valence-corrected chi connectivity index (χ3v) is 8.02. The molecule has 0 unspecified atom stereocenters. The van der Waals surface area contributed by atoms with Gasteiger partial charge in [-0.2, -0.15) is 5.11 Å². The van der Waals surface area contributed by atoms with Gasteiger partial charge in [0.2, 0.25) is 5.91 Å². The molecule has 0 fully saturated rings. The van der Waals surface area contributed by atoms with Crippen LogP contribution in [-0.2, 0) is 17.6 Å². The number of carbonyl (C=O) groups excluding carboxylic acids is 1. The molecule has 230 valence electrons. The number of nitro groups is 1. The fourth-order valence-corrected chi connectivity index (χ4v) is 5.59. The summed E-state index contributed by atoms with van der Waals surface area (Å²) in [6.45, 7) is 2.75. The van der Waals surface area contributed by atoms with E-state index in [2.05, 4.69) is 36.7 Å². The Morgan fingerprint density at radius 3 is 2.23 bits per heavy atom. The van der Waals surface area contributed by atoms with Gasteiger partial charge in [0.15, 0.2) is 5.75 Å². The van der Waals surface area contributed by atoms with Gasteiger partial charge in [-0.3, -0.25) is 14.9 Å². The zero-order valence-corrected chi connectivity index (χ0v) is 26.6. The molecular weight excluding hydrogens is 681 g/mol. The molecule has 0 bridgehead atoms. The van der Waals surface area contributed by atoms with E-state index in [0.717, 1.165) is 44.3 Å². The highest BCUT2D eigenvalue weighted by Crippen LogP contribution is 2.47. The van der Waals surface area contributed by atoms with E-state index in [1.807, 2.05) is 22.6 Å². The number of ether oxygens (including phenoxy) is 3. The monoisotopic (exact) mass is 713 g/mol. The number of amides is 1. The predicted molar refractivity (Wildman–Crippen MR) is 174 cm³/mol. The average Bonchev–Trinajstić information content (AvgIpc) is 3.05. The topological polar surface area (TPSA) is 153 Å². The number of benzene rings is 3. The number of carbonyl (C=O) groups is 1. The van der Waals surface area contributed by atoms with Crippen LogP contribution in [0.5, 0.6) is 17.2 Å². The van der Waals surface area contributed by atoms with Gasteiger partial charge in [0.1, 0.15) is 35.2 Å². The van der Waals surface area contributed by atoms with E-state index in [1.54, 1.807) is 12.1 Å². The Morgan fingerprint density at radius 1 is 0.955 bits per heavy atom. The maximum atomic E-state index is 11.7. The highest BCUT2D eigenvalue weighted by atomic mass is 127. The molecule has 44 heavy (non-hydrogen) atoms. The molecule has 1 N–H and O–H groups in total. The lowest BCUT2D eigenvalue weighted by Crippen LogP contribution is -2.35. The molecule has 14 heteroatoms. The van der Waals surface area contributed by atoms with Crippen LogP contribution in [0.2, 0.25) is 0 Å². The van der Waals surface area contributed by atoms with Crippen molar-refractivity contribution >= 4 is 62.6 Å². The fraction of sp³-hybridized carbons (Fsp3) is 0.367. The van der Waals surface area contributed by atoms with Crippen LogP contribution in [-0.4, -0.2) is 55.7 Å². The summed E-state index contributed by atoms with van der Waals surface area (Å²) in [5.41, 5.74) is 5.45. The molecule has 2 aliphatic rings. The molecular formula is C30H32IN7O6. The summed E-state index contributed by atoms with van der Waals surface area (Å²) < 4.78 is 17.8. The van der Waals surface area contributed by atoms with E-state index in [0.29, 0.717) is 57.6 Å². The summed E-state index contributed by atoms with van der Waals surface area (Å²) in [7, 11) is 3.03. The first-order chi connectivity index (χ1) is 21.4. The molecule has 0 radical (unpaired) electrons. The minimum Gasteiger partial charge on any atom is -0.494 e. The Bertz CT molecular complexity index is 1590. The summed E-state index contributed by atoms with van der Waals surface area (Å²) in [4.78, 5) is 24.6. The van der Waals surface area contributed by atoms with E-state index in [4.69, 9.17) is 14.2 Å². The number of halogens is 1. The second-order valence-electron chi connectivity index (χ2n) is 10.1. The van der Waals surface area contributed by atoms with Crippen molar-refractivity contribution in [2.75, 3.05) is 49.8 Å². The molecule has 3 aromatic rings. The molecule has 0 aliphatic carbocycles. The van der Waals surface area contributed by atoms with Crippen LogP contribution in [0.3, 0.4) is 0 Å². The van der Waals surface area contributed by atoms with Crippen molar-refractivity contribution in [2.45, 2.75) is 25.7 Å². The van der Waals surface area contributed by atoms with E-state index >= 15 is 0 Å². The molecule has 0 spiro atoms. The van der Waals surface area contributed by atoms with Crippen molar-refractivity contribution in [3.05, 3.63) is 63.7 Å². The number of hydrogen-bond donors (Lipinski definition) is 1. The molecule has 5 rings (SSSR count). The number of alkyl halides is 1. The fourth-order valence-electron chi connectivity index (χ4n) is 5.32. The van der Waals surface area contributed by atoms with Crippen LogP contribution < -0.4 is 24.4 Å². The minimum absolute atomic E-state index is 0.0324. The van der Waals surface area contributed by atoms with Gasteiger partial charge < -0.3 is 24.4 Å². The van der Waals surface area contributed by atoms with Crippen molar-refractivity contribution in [1.82, 2.24) is 5.32 Å². The number of hydrogen-bond acceptors (Lipinski definition) is 11. The Kier molecular flexibility index (Phi) is 10.2. The number of azo groups is 2. The Morgan fingerprint density at radius 2 is 1.59 bits per heavy atom. The number of nitrogens with one attached hydrogen (secondary N) is 1. The zero-order valence-electron chi connectivity index (χ0n) is 24.4. The number of nitro benzene ring substituents is 1. The van der Waals surface area contributed by atoms with E-state index in [-0.39, 0.29) is 11.6 Å². The maximum Gasteiger partial charge on any atom is 0.269 e. The van der Waals surface area contributed by atoms with Crippen LogP contribution in [0, 0.1) is 10.1 Å². The predicted octanol–water partition coefficient (Wildman–Crippen LogP) is 7.07. The van der Waals surface area contributed by atoms with Crippen LogP contribution in [0.4, 0.5) is 34.1 Å². The summed E-state index contributed by atoms with van der Waals surface area (Å²) in [5.74, 6) is 1.44. The summed E-state index contributed by atoms with van der Waals surface area (Å²) in [6, 6.07) is 11.1. The van der Waals surface area contributed by atoms with Gasteiger partial charge >= 0.3 is 0 Å². The average molecular weight is 714 g/mol. The van der Waals surface area contributed by atoms with Crippen molar-refractivity contribution in [2.24, 2.45) is 20.5 Å². The van der Waals surface area contributed by atoms with Gasteiger partial charge in [0, 0.05) is 48.6 Å². The van der Waals surface area contributed by atoms with Crippen LogP contribution in [0.15, 0.2) is 62.9 Å². The number of anilines is 1. The minimum atomic E-state index is -0.474. The Hall–Kier alpha value is -4.34. The number of nitrogens with zero attached hydrogens (tertiary/aromatic N) is 6. The molecule has 0 saturated carbocycles. The van der Waals surface area contributed by atoms with Gasteiger partial charge in [0.05, 0.1) is 35.8 Å². The highest BCUT2D eigenvalue weighted by molar-refractivity contribution is 14.1. The first-order valence-corrected chi connectivity index (χ1v) is 15.7. The lowest BCUT2D eigenvalue weighted by atomic mass is 9.90. The molecule has 2 aliphatic heterocycles. The largest absolute Gasteiger partial charge is 0.494 e. The first kappa shape index (κ1) is 31.1. The Balaban J connectivity index is 1.46. The molecule has 13 nitrogen and oxygen atoms in total. The van der Waals surface area contributed by atoms with Crippen LogP contribution in [0.25, 0.3) is 0 Å². The van der Waals surface area contributed by atoms with Gasteiger partial charge in [-0.25, -0.2) is 0 Å². The molecule has 3 aromatic carbocycles. The van der Waals surface area contributed by atoms with Crippen LogP contribution in [0.1, 0.15) is 24.0 Å². The number of methoxy groups -OCH3 is 2. The maximum absolute atomic E-state index is 11.7. The third-order valence-electron chi connectivity index (χ3n) is 7.32. The zero-order chi connectivity index (χ0) is 31.1. The summed E-state index contributed by atoms with van der Waals surface area (Å²) in [5, 5.41) is 31.4. The van der Waals surface area contributed by atoms with Crippen molar-refractivity contribution in [3.8, 4) is 17.2 Å². The van der Waals surface area contributed by atoms with Gasteiger partial charge in [0.25, 0.3) is 5.69 Å². The SMILES string of the molecule is COc1cc(/N=N/c2cc3c4c(c2OCCNC(=O)CI)CCCN4CCC3)c(OC)cc1/N=N/c1ccc([N+](=O)[O-])cc1. The van der Waals surface area contributed by atoms with Gasteiger partial charge in [-0.1, -0.05) is 22.6 Å². The van der Waals surface area contributed by atoms with Gasteiger partial charge in [-0.15, -0.1) is 15.3 Å². The molecule has 0 saturated heterocycles. The van der Waals surface area contributed by atoms with Crippen molar-refractivity contribution < 1.29 is 23.9 Å². The quantitative estimate of drug-likeness (QED) is 0.0526.